The molecule has 0 saturated heterocycles. The SMILES string of the molecule is Fc1cccc(-c2cccc(-n3c4ccccc4c4ccc5oc6ccccc6c5c43)c2)c1. The highest BCUT2D eigenvalue weighted by molar-refractivity contribution is 6.24. The first kappa shape index (κ1) is 18.2. The molecule has 5 aromatic carbocycles. The van der Waals surface area contributed by atoms with Gasteiger partial charge in [0.2, 0.25) is 0 Å². The van der Waals surface area contributed by atoms with Crippen LogP contribution in [0, 0.1) is 5.82 Å². The van der Waals surface area contributed by atoms with E-state index in [1.807, 2.05) is 36.4 Å². The summed E-state index contributed by atoms with van der Waals surface area (Å²) in [4.78, 5) is 0. The topological polar surface area (TPSA) is 18.1 Å². The number of hydrogen-bond acceptors (Lipinski definition) is 1. The molecule has 0 bridgehead atoms. The first-order valence-electron chi connectivity index (χ1n) is 11.0. The van der Waals surface area contributed by atoms with Gasteiger partial charge in [-0.3, -0.25) is 0 Å². The van der Waals surface area contributed by atoms with Crippen molar-refractivity contribution in [1.82, 2.24) is 4.57 Å². The van der Waals surface area contributed by atoms with Crippen molar-refractivity contribution in [3.63, 3.8) is 0 Å². The van der Waals surface area contributed by atoms with Gasteiger partial charge >= 0.3 is 0 Å². The molecule has 33 heavy (non-hydrogen) atoms. The van der Waals surface area contributed by atoms with E-state index in [9.17, 15) is 4.39 Å². The number of benzene rings is 5. The Labute approximate surface area is 189 Å². The van der Waals surface area contributed by atoms with Crippen LogP contribution in [0.1, 0.15) is 0 Å². The number of para-hydroxylation sites is 2. The number of hydrogen-bond donors (Lipinski definition) is 0. The Kier molecular flexibility index (Phi) is 3.76. The van der Waals surface area contributed by atoms with Crippen LogP contribution < -0.4 is 0 Å². The van der Waals surface area contributed by atoms with Crippen LogP contribution >= 0.6 is 0 Å². The number of nitrogens with zero attached hydrogens (tertiary/aromatic N) is 1. The largest absolute Gasteiger partial charge is 0.456 e. The van der Waals surface area contributed by atoms with Crippen molar-refractivity contribution in [2.24, 2.45) is 0 Å². The van der Waals surface area contributed by atoms with E-state index in [1.165, 1.54) is 16.8 Å². The Morgan fingerprint density at radius 3 is 2.21 bits per heavy atom. The monoisotopic (exact) mass is 427 g/mol. The lowest BCUT2D eigenvalue weighted by molar-refractivity contribution is 0.628. The molecule has 2 heterocycles. The lowest BCUT2D eigenvalue weighted by Crippen LogP contribution is -1.95. The van der Waals surface area contributed by atoms with Gasteiger partial charge in [-0.15, -0.1) is 0 Å². The van der Waals surface area contributed by atoms with Gasteiger partial charge in [0.1, 0.15) is 17.0 Å². The smallest absolute Gasteiger partial charge is 0.137 e. The van der Waals surface area contributed by atoms with Gasteiger partial charge in [0.05, 0.1) is 16.4 Å². The molecule has 0 atom stereocenters. The summed E-state index contributed by atoms with van der Waals surface area (Å²) in [6.45, 7) is 0. The molecule has 2 nitrogen and oxygen atoms in total. The van der Waals surface area contributed by atoms with Gasteiger partial charge in [-0.2, -0.15) is 0 Å². The Balaban J connectivity index is 1.63. The zero-order valence-corrected chi connectivity index (χ0v) is 17.6. The van der Waals surface area contributed by atoms with E-state index in [1.54, 1.807) is 12.1 Å². The van der Waals surface area contributed by atoms with Crippen molar-refractivity contribution >= 4 is 43.7 Å². The van der Waals surface area contributed by atoms with Crippen LogP contribution in [0.5, 0.6) is 0 Å². The highest BCUT2D eigenvalue weighted by atomic mass is 19.1. The summed E-state index contributed by atoms with van der Waals surface area (Å²) in [5, 5.41) is 4.58. The summed E-state index contributed by atoms with van der Waals surface area (Å²) in [7, 11) is 0. The van der Waals surface area contributed by atoms with Gasteiger partial charge in [-0.25, -0.2) is 4.39 Å². The fourth-order valence-corrected chi connectivity index (χ4v) is 5.03. The van der Waals surface area contributed by atoms with Crippen molar-refractivity contribution in [2.75, 3.05) is 0 Å². The molecule has 0 spiro atoms. The molecule has 0 N–H and O–H groups in total. The molecule has 7 rings (SSSR count). The number of aromatic nitrogens is 1. The molecule has 2 aromatic heterocycles. The molecule has 0 saturated carbocycles. The van der Waals surface area contributed by atoms with Crippen molar-refractivity contribution in [3.05, 3.63) is 115 Å². The highest BCUT2D eigenvalue weighted by Crippen LogP contribution is 2.41. The van der Waals surface area contributed by atoms with Crippen LogP contribution in [0.3, 0.4) is 0 Å². The second-order valence-corrected chi connectivity index (χ2v) is 8.35. The van der Waals surface area contributed by atoms with E-state index in [0.717, 1.165) is 49.8 Å². The number of furan rings is 1. The maximum absolute atomic E-state index is 13.9. The van der Waals surface area contributed by atoms with Gasteiger partial charge in [-0.05, 0) is 59.7 Å². The lowest BCUT2D eigenvalue weighted by Gasteiger charge is -2.11. The third kappa shape index (κ3) is 2.66. The predicted molar refractivity (Wildman–Crippen MR) is 133 cm³/mol. The van der Waals surface area contributed by atoms with E-state index in [0.29, 0.717) is 0 Å². The summed E-state index contributed by atoms with van der Waals surface area (Å²) in [6.07, 6.45) is 0. The zero-order chi connectivity index (χ0) is 21.9. The maximum Gasteiger partial charge on any atom is 0.137 e. The average Bonchev–Trinajstić information content (AvgIpc) is 3.40. The third-order valence-corrected chi connectivity index (χ3v) is 6.44. The fraction of sp³-hybridized carbons (Fsp3) is 0. The molecule has 7 aromatic rings. The van der Waals surface area contributed by atoms with Gasteiger partial charge in [-0.1, -0.05) is 60.7 Å². The molecule has 0 aliphatic heterocycles. The Hall–Kier alpha value is -4.37. The normalized spacial score (nSPS) is 11.8. The zero-order valence-electron chi connectivity index (χ0n) is 17.6. The third-order valence-electron chi connectivity index (χ3n) is 6.44. The molecule has 0 fully saturated rings. The maximum atomic E-state index is 13.9. The minimum atomic E-state index is -0.235. The summed E-state index contributed by atoms with van der Waals surface area (Å²) in [5.41, 5.74) is 6.86. The minimum absolute atomic E-state index is 0.235. The molecular formula is C30H18FNO. The van der Waals surface area contributed by atoms with Crippen LogP contribution in [0.2, 0.25) is 0 Å². The van der Waals surface area contributed by atoms with Crippen LogP contribution in [0.15, 0.2) is 114 Å². The van der Waals surface area contributed by atoms with Gasteiger partial charge in [0, 0.05) is 21.8 Å². The number of rotatable bonds is 2. The first-order chi connectivity index (χ1) is 16.3. The molecule has 0 amide bonds. The summed E-state index contributed by atoms with van der Waals surface area (Å²) >= 11 is 0. The van der Waals surface area contributed by atoms with E-state index in [-0.39, 0.29) is 5.82 Å². The number of fused-ring (bicyclic) bond motifs is 7. The van der Waals surface area contributed by atoms with E-state index in [2.05, 4.69) is 59.2 Å². The minimum Gasteiger partial charge on any atom is -0.456 e. The van der Waals surface area contributed by atoms with E-state index < -0.39 is 0 Å². The summed E-state index contributed by atoms with van der Waals surface area (Å²) in [5.74, 6) is -0.235. The van der Waals surface area contributed by atoms with Crippen molar-refractivity contribution in [2.45, 2.75) is 0 Å². The van der Waals surface area contributed by atoms with Gasteiger partial charge in [0.25, 0.3) is 0 Å². The summed E-state index contributed by atoms with van der Waals surface area (Å²) in [6, 6.07) is 35.9. The lowest BCUT2D eigenvalue weighted by atomic mass is 10.0. The van der Waals surface area contributed by atoms with Crippen molar-refractivity contribution in [3.8, 4) is 16.8 Å². The predicted octanol–water partition coefficient (Wildman–Crippen LogP) is 8.49. The highest BCUT2D eigenvalue weighted by Gasteiger charge is 2.18. The Morgan fingerprint density at radius 1 is 0.576 bits per heavy atom. The Bertz CT molecular complexity index is 1840. The molecule has 3 heteroatoms. The molecular weight excluding hydrogens is 409 g/mol. The quantitative estimate of drug-likeness (QED) is 0.270. The molecule has 0 aliphatic carbocycles. The van der Waals surface area contributed by atoms with Crippen LogP contribution in [-0.4, -0.2) is 4.57 Å². The number of halogens is 1. The second kappa shape index (κ2) is 6.81. The molecule has 0 unspecified atom stereocenters. The van der Waals surface area contributed by atoms with E-state index in [4.69, 9.17) is 4.42 Å². The standard InChI is InChI=1S/C30H18FNO/c31-21-9-5-7-19(17-21)20-8-6-10-22(18-20)32-26-13-3-1-11-23(26)24-15-16-28-29(30(24)32)25-12-2-4-14-27(25)33-28/h1-18H. The first-order valence-corrected chi connectivity index (χ1v) is 11.0. The molecule has 0 radical (unpaired) electrons. The van der Waals surface area contributed by atoms with Crippen molar-refractivity contribution in [1.29, 1.82) is 0 Å². The van der Waals surface area contributed by atoms with E-state index >= 15 is 0 Å². The molecule has 0 aliphatic rings. The Morgan fingerprint density at radius 2 is 1.33 bits per heavy atom. The van der Waals surface area contributed by atoms with Crippen LogP contribution in [0.25, 0.3) is 60.6 Å². The fourth-order valence-electron chi connectivity index (χ4n) is 5.03. The van der Waals surface area contributed by atoms with Gasteiger partial charge < -0.3 is 8.98 Å². The van der Waals surface area contributed by atoms with Crippen LogP contribution in [0.4, 0.5) is 4.39 Å². The average molecular weight is 427 g/mol. The summed E-state index contributed by atoms with van der Waals surface area (Å²) < 4.78 is 22.4. The van der Waals surface area contributed by atoms with Gasteiger partial charge in [0.15, 0.2) is 0 Å². The van der Waals surface area contributed by atoms with Crippen LogP contribution in [-0.2, 0) is 0 Å². The molecule has 156 valence electrons. The van der Waals surface area contributed by atoms with Crippen molar-refractivity contribution < 1.29 is 8.81 Å². The second-order valence-electron chi connectivity index (χ2n) is 8.35.